The first-order valence-corrected chi connectivity index (χ1v) is 6.67. The van der Waals surface area contributed by atoms with Gasteiger partial charge in [0.1, 0.15) is 5.76 Å². The number of aryl methyl sites for hydroxylation is 1. The van der Waals surface area contributed by atoms with Crippen LogP contribution in [0.5, 0.6) is 0 Å². The number of amides is 1. The molecule has 1 aliphatic rings. The third-order valence-electron chi connectivity index (χ3n) is 3.75. The van der Waals surface area contributed by atoms with Crippen molar-refractivity contribution in [1.29, 1.82) is 0 Å². The summed E-state index contributed by atoms with van der Waals surface area (Å²) >= 11 is 0. The first-order valence-electron chi connectivity index (χ1n) is 6.67. The number of hydrogen-bond acceptors (Lipinski definition) is 3. The van der Waals surface area contributed by atoms with Crippen molar-refractivity contribution in [3.8, 4) is 0 Å². The van der Waals surface area contributed by atoms with Gasteiger partial charge in [-0.3, -0.25) is 9.59 Å². The molecule has 0 saturated heterocycles. The van der Waals surface area contributed by atoms with E-state index < -0.39 is 11.9 Å². The molecule has 1 fully saturated rings. The highest BCUT2D eigenvalue weighted by Crippen LogP contribution is 2.24. The number of hydrogen-bond donors (Lipinski definition) is 2. The molecule has 0 spiro atoms. The van der Waals surface area contributed by atoms with E-state index in [9.17, 15) is 14.7 Å². The molecule has 2 rings (SSSR count). The van der Waals surface area contributed by atoms with Gasteiger partial charge in [-0.2, -0.15) is 0 Å². The summed E-state index contributed by atoms with van der Waals surface area (Å²) in [6.07, 6.45) is 5.71. The molecule has 1 saturated carbocycles. The Labute approximate surface area is 112 Å². The molecule has 2 atom stereocenters. The maximum Gasteiger partial charge on any atom is 0.308 e. The predicted molar refractivity (Wildman–Crippen MR) is 68.9 cm³/mol. The molecule has 1 amide bonds. The molecule has 0 unspecified atom stereocenters. The lowest BCUT2D eigenvalue weighted by atomic mass is 9.94. The summed E-state index contributed by atoms with van der Waals surface area (Å²) in [4.78, 5) is 23.4. The van der Waals surface area contributed by atoms with E-state index in [2.05, 4.69) is 5.32 Å². The largest absolute Gasteiger partial charge is 0.481 e. The Morgan fingerprint density at radius 2 is 2.05 bits per heavy atom. The maximum absolute atomic E-state index is 12.1. The molecule has 1 heterocycles. The van der Waals surface area contributed by atoms with Crippen molar-refractivity contribution in [3.05, 3.63) is 23.7 Å². The number of carbonyl (C=O) groups is 2. The minimum Gasteiger partial charge on any atom is -0.481 e. The van der Waals surface area contributed by atoms with Crippen LogP contribution in [0.25, 0.3) is 0 Å². The minimum absolute atomic E-state index is 0.246. The van der Waals surface area contributed by atoms with Crippen LogP contribution in [0.4, 0.5) is 0 Å². The molecule has 0 radical (unpaired) electrons. The highest BCUT2D eigenvalue weighted by molar-refractivity contribution is 5.95. The second-order valence-electron chi connectivity index (χ2n) is 5.05. The fourth-order valence-corrected chi connectivity index (χ4v) is 2.64. The van der Waals surface area contributed by atoms with Crippen LogP contribution >= 0.6 is 0 Å². The Kier molecular flexibility index (Phi) is 4.24. The molecule has 104 valence electrons. The Bertz CT molecular complexity index is 466. The van der Waals surface area contributed by atoms with Crippen LogP contribution in [0.1, 0.15) is 48.2 Å². The Morgan fingerprint density at radius 3 is 2.68 bits per heavy atom. The van der Waals surface area contributed by atoms with Crippen molar-refractivity contribution in [1.82, 2.24) is 5.32 Å². The van der Waals surface area contributed by atoms with Crippen molar-refractivity contribution in [2.45, 2.75) is 45.1 Å². The van der Waals surface area contributed by atoms with Crippen molar-refractivity contribution in [2.75, 3.05) is 0 Å². The topological polar surface area (TPSA) is 79.5 Å². The van der Waals surface area contributed by atoms with Crippen molar-refractivity contribution >= 4 is 11.9 Å². The van der Waals surface area contributed by atoms with Crippen LogP contribution in [0.2, 0.25) is 0 Å². The van der Waals surface area contributed by atoms with E-state index in [4.69, 9.17) is 4.42 Å². The summed E-state index contributed by atoms with van der Waals surface area (Å²) in [6, 6.07) is 1.32. The van der Waals surface area contributed by atoms with E-state index in [0.29, 0.717) is 17.7 Å². The number of nitrogens with one attached hydrogen (secondary N) is 1. The van der Waals surface area contributed by atoms with Crippen LogP contribution in [0.15, 0.2) is 16.7 Å². The van der Waals surface area contributed by atoms with E-state index in [1.807, 2.05) is 0 Å². The number of carboxylic acids is 1. The first-order chi connectivity index (χ1) is 9.09. The number of carbonyl (C=O) groups excluding carboxylic acids is 1. The Balaban J connectivity index is 2.08. The van der Waals surface area contributed by atoms with Gasteiger partial charge in [0, 0.05) is 6.04 Å². The molecular weight excluding hydrogens is 246 g/mol. The molecule has 0 aliphatic heterocycles. The van der Waals surface area contributed by atoms with Crippen LogP contribution < -0.4 is 5.32 Å². The number of carboxylic acid groups (broad SMARTS) is 1. The lowest BCUT2D eigenvalue weighted by molar-refractivity contribution is -0.142. The predicted octanol–water partition coefficient (Wildman–Crippen LogP) is 2.35. The fraction of sp³-hybridized carbons (Fsp3) is 0.571. The van der Waals surface area contributed by atoms with Gasteiger partial charge in [0.2, 0.25) is 0 Å². The average molecular weight is 265 g/mol. The number of furan rings is 1. The summed E-state index contributed by atoms with van der Waals surface area (Å²) in [5.74, 6) is -1.00. The molecule has 1 aromatic heterocycles. The zero-order chi connectivity index (χ0) is 13.8. The second-order valence-corrected chi connectivity index (χ2v) is 5.05. The number of aliphatic carboxylic acids is 1. The lowest BCUT2D eigenvalue weighted by Crippen LogP contribution is -2.42. The molecule has 0 bridgehead atoms. The normalized spacial score (nSPS) is 23.6. The van der Waals surface area contributed by atoms with E-state index in [1.54, 1.807) is 13.0 Å². The third kappa shape index (κ3) is 3.16. The van der Waals surface area contributed by atoms with Gasteiger partial charge in [0.25, 0.3) is 5.91 Å². The molecule has 1 aromatic rings. The third-order valence-corrected chi connectivity index (χ3v) is 3.75. The molecule has 1 aliphatic carbocycles. The fourth-order valence-electron chi connectivity index (χ4n) is 2.64. The summed E-state index contributed by atoms with van der Waals surface area (Å²) in [7, 11) is 0. The highest BCUT2D eigenvalue weighted by Gasteiger charge is 2.31. The van der Waals surface area contributed by atoms with Gasteiger partial charge in [-0.1, -0.05) is 19.3 Å². The maximum atomic E-state index is 12.1. The van der Waals surface area contributed by atoms with Crippen LogP contribution in [0, 0.1) is 12.8 Å². The molecule has 5 nitrogen and oxygen atoms in total. The van der Waals surface area contributed by atoms with Crippen molar-refractivity contribution in [2.24, 2.45) is 5.92 Å². The lowest BCUT2D eigenvalue weighted by Gasteiger charge is -2.22. The molecular formula is C14H19NO4. The van der Waals surface area contributed by atoms with Gasteiger partial charge >= 0.3 is 5.97 Å². The van der Waals surface area contributed by atoms with Gasteiger partial charge in [0.15, 0.2) is 0 Å². The number of rotatable bonds is 3. The van der Waals surface area contributed by atoms with E-state index in [0.717, 1.165) is 25.7 Å². The summed E-state index contributed by atoms with van der Waals surface area (Å²) < 4.78 is 5.10. The summed E-state index contributed by atoms with van der Waals surface area (Å²) in [5, 5.41) is 12.1. The smallest absolute Gasteiger partial charge is 0.308 e. The van der Waals surface area contributed by atoms with Gasteiger partial charge < -0.3 is 14.8 Å². The quantitative estimate of drug-likeness (QED) is 0.822. The van der Waals surface area contributed by atoms with E-state index >= 15 is 0 Å². The van der Waals surface area contributed by atoms with Gasteiger partial charge in [-0.05, 0) is 25.8 Å². The Hall–Kier alpha value is -1.78. The zero-order valence-electron chi connectivity index (χ0n) is 11.0. The summed E-state index contributed by atoms with van der Waals surface area (Å²) in [6.45, 7) is 1.72. The van der Waals surface area contributed by atoms with E-state index in [-0.39, 0.29) is 11.9 Å². The molecule has 0 aromatic carbocycles. The second kappa shape index (κ2) is 5.91. The van der Waals surface area contributed by atoms with Crippen LogP contribution in [-0.2, 0) is 4.79 Å². The van der Waals surface area contributed by atoms with Gasteiger partial charge in [0.05, 0.1) is 17.7 Å². The highest BCUT2D eigenvalue weighted by atomic mass is 16.4. The average Bonchev–Trinajstić information content (AvgIpc) is 2.65. The van der Waals surface area contributed by atoms with Crippen molar-refractivity contribution in [3.63, 3.8) is 0 Å². The molecule has 19 heavy (non-hydrogen) atoms. The first kappa shape index (κ1) is 13.6. The molecule has 2 N–H and O–H groups in total. The Morgan fingerprint density at radius 1 is 1.32 bits per heavy atom. The zero-order valence-corrected chi connectivity index (χ0v) is 11.0. The SMILES string of the molecule is Cc1occc1C(=O)N[C@H]1CCCCC[C@@H]1C(=O)O. The van der Waals surface area contributed by atoms with E-state index in [1.165, 1.54) is 6.26 Å². The monoisotopic (exact) mass is 265 g/mol. The standard InChI is InChI=1S/C14H19NO4/c1-9-10(7-8-19-9)13(16)15-12-6-4-2-3-5-11(12)14(17)18/h7-8,11-12H,2-6H2,1H3,(H,15,16)(H,17,18)/t11-,12-/m0/s1. The van der Waals surface area contributed by atoms with Crippen molar-refractivity contribution < 1.29 is 19.1 Å². The van der Waals surface area contributed by atoms with Gasteiger partial charge in [-0.15, -0.1) is 0 Å². The summed E-state index contributed by atoms with van der Waals surface area (Å²) in [5.41, 5.74) is 0.480. The van der Waals surface area contributed by atoms with Crippen LogP contribution in [-0.4, -0.2) is 23.0 Å². The van der Waals surface area contributed by atoms with Gasteiger partial charge in [-0.25, -0.2) is 0 Å². The van der Waals surface area contributed by atoms with Crippen LogP contribution in [0.3, 0.4) is 0 Å². The minimum atomic E-state index is -0.823. The molecule has 5 heteroatoms.